The van der Waals surface area contributed by atoms with Crippen LogP contribution < -0.4 is 15.4 Å². The van der Waals surface area contributed by atoms with E-state index in [2.05, 4.69) is 27.4 Å². The van der Waals surface area contributed by atoms with Crippen molar-refractivity contribution in [1.82, 2.24) is 20.5 Å². The van der Waals surface area contributed by atoms with Crippen LogP contribution in [0.15, 0.2) is 23.3 Å². The molecule has 1 aromatic rings. The second kappa shape index (κ2) is 11.7. The average molecular weight is 487 g/mol. The normalized spacial score (nSPS) is 21.1. The van der Waals surface area contributed by atoms with Crippen LogP contribution in [0.3, 0.4) is 0 Å². The molecular formula is C20H34IN5O. The van der Waals surface area contributed by atoms with Crippen LogP contribution in [-0.2, 0) is 6.54 Å². The first-order chi connectivity index (χ1) is 12.8. The van der Waals surface area contributed by atoms with Crippen molar-refractivity contribution in [2.45, 2.75) is 64.6 Å². The maximum Gasteiger partial charge on any atom is 0.218 e. The third-order valence-corrected chi connectivity index (χ3v) is 5.28. The summed E-state index contributed by atoms with van der Waals surface area (Å²) in [5.41, 5.74) is 1.02. The lowest BCUT2D eigenvalue weighted by Gasteiger charge is -2.24. The molecule has 0 radical (unpaired) electrons. The van der Waals surface area contributed by atoms with Crippen molar-refractivity contribution in [3.63, 3.8) is 0 Å². The number of rotatable bonds is 7. The van der Waals surface area contributed by atoms with Gasteiger partial charge in [-0.25, -0.2) is 9.98 Å². The van der Waals surface area contributed by atoms with Crippen LogP contribution >= 0.6 is 24.0 Å². The molecule has 7 heteroatoms. The van der Waals surface area contributed by atoms with Gasteiger partial charge in [-0.15, -0.1) is 24.0 Å². The van der Waals surface area contributed by atoms with E-state index in [0.29, 0.717) is 25.1 Å². The lowest BCUT2D eigenvalue weighted by Crippen LogP contribution is -2.45. The van der Waals surface area contributed by atoms with E-state index in [0.717, 1.165) is 30.7 Å². The van der Waals surface area contributed by atoms with Gasteiger partial charge in [0.2, 0.25) is 5.88 Å². The maximum atomic E-state index is 5.61. The number of pyridine rings is 1. The largest absolute Gasteiger partial charge is 0.478 e. The van der Waals surface area contributed by atoms with Crippen LogP contribution in [-0.4, -0.2) is 54.2 Å². The summed E-state index contributed by atoms with van der Waals surface area (Å²) >= 11 is 0. The number of ether oxygens (including phenoxy) is 1. The van der Waals surface area contributed by atoms with Crippen LogP contribution in [0.4, 0.5) is 0 Å². The van der Waals surface area contributed by atoms with E-state index in [1.54, 1.807) is 6.20 Å². The van der Waals surface area contributed by atoms with Gasteiger partial charge in [0, 0.05) is 43.5 Å². The summed E-state index contributed by atoms with van der Waals surface area (Å²) in [6.07, 6.45) is 8.51. The molecule has 27 heavy (non-hydrogen) atoms. The lowest BCUT2D eigenvalue weighted by atomic mass is 10.2. The molecule has 1 saturated carbocycles. The number of nitrogens with one attached hydrogen (secondary N) is 2. The van der Waals surface area contributed by atoms with Crippen LogP contribution in [0.5, 0.6) is 5.88 Å². The molecule has 0 spiro atoms. The SMILES string of the molecule is CCNC(=NCc1cccnc1OCC)NC1CCN(C2CCCC2)C1.I. The molecule has 1 atom stereocenters. The van der Waals surface area contributed by atoms with Gasteiger partial charge >= 0.3 is 0 Å². The molecule has 0 bridgehead atoms. The van der Waals surface area contributed by atoms with E-state index in [9.17, 15) is 0 Å². The molecule has 1 aliphatic carbocycles. The zero-order chi connectivity index (χ0) is 18.2. The van der Waals surface area contributed by atoms with Crippen molar-refractivity contribution in [3.05, 3.63) is 23.9 Å². The molecule has 2 fully saturated rings. The highest BCUT2D eigenvalue weighted by Crippen LogP contribution is 2.26. The standard InChI is InChI=1S/C20H33N5O.HI/c1-3-21-20(23-14-16-8-7-12-22-19(16)26-4-2)24-17-11-13-25(15-17)18-9-5-6-10-18;/h7-8,12,17-18H,3-6,9-11,13-15H2,1-2H3,(H2,21,23,24);1H. The summed E-state index contributed by atoms with van der Waals surface area (Å²) < 4.78 is 5.61. The van der Waals surface area contributed by atoms with Crippen LogP contribution in [0.1, 0.15) is 51.5 Å². The molecule has 1 aliphatic heterocycles. The monoisotopic (exact) mass is 487 g/mol. The Morgan fingerprint density at radius 2 is 2.11 bits per heavy atom. The van der Waals surface area contributed by atoms with E-state index >= 15 is 0 Å². The maximum absolute atomic E-state index is 5.61. The third-order valence-electron chi connectivity index (χ3n) is 5.28. The Balaban J connectivity index is 0.00000261. The summed E-state index contributed by atoms with van der Waals surface area (Å²) in [4.78, 5) is 11.7. The van der Waals surface area contributed by atoms with E-state index in [4.69, 9.17) is 9.73 Å². The van der Waals surface area contributed by atoms with Gasteiger partial charge < -0.3 is 15.4 Å². The van der Waals surface area contributed by atoms with Gasteiger partial charge in [0.1, 0.15) is 0 Å². The Hall–Kier alpha value is -1.09. The summed E-state index contributed by atoms with van der Waals surface area (Å²) in [5.74, 6) is 1.57. The number of aromatic nitrogens is 1. The van der Waals surface area contributed by atoms with Gasteiger partial charge in [0.05, 0.1) is 13.2 Å². The number of nitrogens with zero attached hydrogens (tertiary/aromatic N) is 3. The van der Waals surface area contributed by atoms with Crippen LogP contribution in [0.25, 0.3) is 0 Å². The fourth-order valence-electron chi connectivity index (χ4n) is 3.99. The van der Waals surface area contributed by atoms with Gasteiger partial charge in [-0.05, 0) is 39.2 Å². The van der Waals surface area contributed by atoms with E-state index in [1.807, 2.05) is 19.1 Å². The number of halogens is 1. The first-order valence-electron chi connectivity index (χ1n) is 10.2. The molecule has 6 nitrogen and oxygen atoms in total. The zero-order valence-corrected chi connectivity index (χ0v) is 18.9. The molecule has 1 saturated heterocycles. The molecule has 0 amide bonds. The van der Waals surface area contributed by atoms with Crippen molar-refractivity contribution >= 4 is 29.9 Å². The van der Waals surface area contributed by atoms with Crippen molar-refractivity contribution in [1.29, 1.82) is 0 Å². The van der Waals surface area contributed by atoms with E-state index in [1.165, 1.54) is 38.6 Å². The Labute approximate surface area is 180 Å². The zero-order valence-electron chi connectivity index (χ0n) is 16.6. The van der Waals surface area contributed by atoms with E-state index in [-0.39, 0.29) is 24.0 Å². The fourth-order valence-corrected chi connectivity index (χ4v) is 3.99. The summed E-state index contributed by atoms with van der Waals surface area (Å²) in [6, 6.07) is 5.26. The predicted octanol–water partition coefficient (Wildman–Crippen LogP) is 3.17. The smallest absolute Gasteiger partial charge is 0.218 e. The lowest BCUT2D eigenvalue weighted by molar-refractivity contribution is 0.242. The second-order valence-corrected chi connectivity index (χ2v) is 7.16. The van der Waals surface area contributed by atoms with Gasteiger partial charge in [0.25, 0.3) is 0 Å². The molecular weight excluding hydrogens is 453 g/mol. The molecule has 1 aromatic heterocycles. The van der Waals surface area contributed by atoms with Crippen molar-refractivity contribution in [3.8, 4) is 5.88 Å². The Bertz CT molecular complexity index is 591. The van der Waals surface area contributed by atoms with E-state index < -0.39 is 0 Å². The topological polar surface area (TPSA) is 61.8 Å². The third kappa shape index (κ3) is 6.48. The highest BCUT2D eigenvalue weighted by Gasteiger charge is 2.30. The quantitative estimate of drug-likeness (QED) is 0.352. The Morgan fingerprint density at radius 3 is 2.85 bits per heavy atom. The molecule has 2 heterocycles. The minimum Gasteiger partial charge on any atom is -0.478 e. The van der Waals surface area contributed by atoms with Crippen molar-refractivity contribution < 1.29 is 4.74 Å². The van der Waals surface area contributed by atoms with Crippen LogP contribution in [0.2, 0.25) is 0 Å². The fraction of sp³-hybridized carbons (Fsp3) is 0.700. The molecule has 0 aromatic carbocycles. The second-order valence-electron chi connectivity index (χ2n) is 7.16. The highest BCUT2D eigenvalue weighted by atomic mass is 127. The number of guanidine groups is 1. The summed E-state index contributed by atoms with van der Waals surface area (Å²) in [7, 11) is 0. The molecule has 2 aliphatic rings. The summed E-state index contributed by atoms with van der Waals surface area (Å²) in [6.45, 7) is 8.46. The van der Waals surface area contributed by atoms with Gasteiger partial charge in [-0.2, -0.15) is 0 Å². The van der Waals surface area contributed by atoms with Gasteiger partial charge in [-0.1, -0.05) is 18.9 Å². The number of likely N-dealkylation sites (tertiary alicyclic amines) is 1. The predicted molar refractivity (Wildman–Crippen MR) is 121 cm³/mol. The number of hydrogen-bond acceptors (Lipinski definition) is 4. The molecule has 2 N–H and O–H groups in total. The molecule has 1 unspecified atom stereocenters. The number of aliphatic imine (C=N–C) groups is 1. The minimum absolute atomic E-state index is 0. The summed E-state index contributed by atoms with van der Waals surface area (Å²) in [5, 5.41) is 7.00. The first-order valence-corrected chi connectivity index (χ1v) is 10.2. The molecule has 3 rings (SSSR count). The van der Waals surface area contributed by atoms with Crippen LogP contribution in [0, 0.1) is 0 Å². The van der Waals surface area contributed by atoms with Gasteiger partial charge in [-0.3, -0.25) is 4.90 Å². The van der Waals surface area contributed by atoms with Crippen molar-refractivity contribution in [2.75, 3.05) is 26.2 Å². The molecule has 152 valence electrons. The first kappa shape index (κ1) is 22.2. The average Bonchev–Trinajstić information content (AvgIpc) is 3.33. The van der Waals surface area contributed by atoms with Crippen molar-refractivity contribution in [2.24, 2.45) is 4.99 Å². The Morgan fingerprint density at radius 1 is 1.30 bits per heavy atom. The van der Waals surface area contributed by atoms with Gasteiger partial charge in [0.15, 0.2) is 5.96 Å². The minimum atomic E-state index is 0. The highest BCUT2D eigenvalue weighted by molar-refractivity contribution is 14.0. The number of hydrogen-bond donors (Lipinski definition) is 2. The Kier molecular flexibility index (Phi) is 9.61.